The van der Waals surface area contributed by atoms with Crippen molar-refractivity contribution in [1.82, 2.24) is 0 Å². The summed E-state index contributed by atoms with van der Waals surface area (Å²) in [5, 5.41) is 24.9. The third-order valence-electron chi connectivity index (χ3n) is 6.34. The Bertz CT molecular complexity index is 1550. The monoisotopic (exact) mass is 489 g/mol. The van der Waals surface area contributed by atoms with Crippen LogP contribution in [0.25, 0.3) is 16.8 Å². The quantitative estimate of drug-likeness (QED) is 0.239. The zero-order valence-electron chi connectivity index (χ0n) is 19.6. The number of nitrogens with one attached hydrogen (secondary N) is 1. The standard InChI is InChI=1S/C30H23N3O2S/c31-17-23(29(34)33-30-27(18-32)26-10-3-4-11-28(26)36-30)16-20-12-14-24(15-13-20)35-19-22-8-5-7-21-6-1-2-9-25(21)22/h1-2,5-9,12-16H,3-4,10-11,19H2,(H,33,34). The summed E-state index contributed by atoms with van der Waals surface area (Å²) >= 11 is 1.45. The molecule has 6 heteroatoms. The van der Waals surface area contributed by atoms with Crippen molar-refractivity contribution in [2.75, 3.05) is 5.32 Å². The average molecular weight is 490 g/mol. The fraction of sp³-hybridized carbons (Fsp3) is 0.167. The van der Waals surface area contributed by atoms with Crippen molar-refractivity contribution in [2.24, 2.45) is 0 Å². The Hall–Kier alpha value is -4.39. The minimum absolute atomic E-state index is 0.0188. The molecule has 5 rings (SSSR count). The molecule has 1 heterocycles. The Labute approximate surface area is 213 Å². The van der Waals surface area contributed by atoms with E-state index in [2.05, 4.69) is 35.7 Å². The first-order valence-corrected chi connectivity index (χ1v) is 12.6. The Kier molecular flexibility index (Phi) is 6.80. The lowest BCUT2D eigenvalue weighted by Crippen LogP contribution is -2.13. The number of benzene rings is 3. The molecular weight excluding hydrogens is 466 g/mol. The highest BCUT2D eigenvalue weighted by molar-refractivity contribution is 7.16. The van der Waals surface area contributed by atoms with E-state index in [-0.39, 0.29) is 5.57 Å². The lowest BCUT2D eigenvalue weighted by molar-refractivity contribution is -0.112. The van der Waals surface area contributed by atoms with Gasteiger partial charge in [-0.2, -0.15) is 10.5 Å². The highest BCUT2D eigenvalue weighted by Crippen LogP contribution is 2.37. The van der Waals surface area contributed by atoms with Crippen LogP contribution in [-0.4, -0.2) is 5.91 Å². The van der Waals surface area contributed by atoms with E-state index in [4.69, 9.17) is 4.74 Å². The molecule has 3 aromatic carbocycles. The predicted molar refractivity (Wildman–Crippen MR) is 143 cm³/mol. The van der Waals surface area contributed by atoms with Crippen molar-refractivity contribution in [2.45, 2.75) is 32.3 Å². The maximum Gasteiger partial charge on any atom is 0.266 e. The van der Waals surface area contributed by atoms with Crippen LogP contribution < -0.4 is 10.1 Å². The number of rotatable bonds is 6. The number of fused-ring (bicyclic) bond motifs is 2. The van der Waals surface area contributed by atoms with E-state index < -0.39 is 5.91 Å². The molecule has 0 saturated carbocycles. The molecule has 1 aromatic heterocycles. The number of ether oxygens (including phenoxy) is 1. The topological polar surface area (TPSA) is 85.9 Å². The van der Waals surface area contributed by atoms with Crippen LogP contribution in [0.15, 0.2) is 72.3 Å². The summed E-state index contributed by atoms with van der Waals surface area (Å²) in [6.45, 7) is 0.439. The molecule has 0 aliphatic heterocycles. The first-order chi connectivity index (χ1) is 17.7. The molecule has 0 unspecified atom stereocenters. The molecule has 176 valence electrons. The Morgan fingerprint density at radius 2 is 1.78 bits per heavy atom. The second kappa shape index (κ2) is 10.5. The number of thiophene rings is 1. The number of amides is 1. The van der Waals surface area contributed by atoms with Crippen molar-refractivity contribution in [3.05, 3.63) is 99.4 Å². The molecule has 1 aliphatic carbocycles. The van der Waals surface area contributed by atoms with Gasteiger partial charge in [0.15, 0.2) is 0 Å². The summed E-state index contributed by atoms with van der Waals surface area (Å²) in [6, 6.07) is 25.9. The van der Waals surface area contributed by atoms with E-state index in [0.29, 0.717) is 28.5 Å². The van der Waals surface area contributed by atoms with E-state index in [1.165, 1.54) is 16.7 Å². The molecule has 0 spiro atoms. The van der Waals surface area contributed by atoms with Crippen molar-refractivity contribution in [1.29, 1.82) is 10.5 Å². The molecule has 4 aromatic rings. The Balaban J connectivity index is 1.27. The summed E-state index contributed by atoms with van der Waals surface area (Å²) in [5.74, 6) is 0.190. The summed E-state index contributed by atoms with van der Waals surface area (Å²) in [5.41, 5.74) is 3.38. The van der Waals surface area contributed by atoms with Crippen LogP contribution in [-0.2, 0) is 24.2 Å². The third kappa shape index (κ3) is 4.86. The van der Waals surface area contributed by atoms with Crippen molar-refractivity contribution >= 4 is 39.1 Å². The number of nitrogens with zero attached hydrogens (tertiary/aromatic N) is 2. The Morgan fingerprint density at radius 1 is 1.00 bits per heavy atom. The lowest BCUT2D eigenvalue weighted by atomic mass is 9.96. The van der Waals surface area contributed by atoms with Gasteiger partial charge in [0.1, 0.15) is 35.1 Å². The number of nitriles is 2. The van der Waals surface area contributed by atoms with Gasteiger partial charge in [-0.05, 0) is 71.4 Å². The highest BCUT2D eigenvalue weighted by atomic mass is 32.1. The first kappa shape index (κ1) is 23.4. The number of hydrogen-bond acceptors (Lipinski definition) is 5. The number of hydrogen-bond donors (Lipinski definition) is 1. The molecule has 0 bridgehead atoms. The second-order valence-electron chi connectivity index (χ2n) is 8.65. The SMILES string of the molecule is N#CC(=Cc1ccc(OCc2cccc3ccccc23)cc1)C(=O)Nc1sc2c(c1C#N)CCCC2. The van der Waals surface area contributed by atoms with Gasteiger partial charge in [0, 0.05) is 4.88 Å². The molecule has 0 radical (unpaired) electrons. The summed E-state index contributed by atoms with van der Waals surface area (Å²) in [4.78, 5) is 14.0. The molecule has 0 fully saturated rings. The number of anilines is 1. The second-order valence-corrected chi connectivity index (χ2v) is 9.75. The van der Waals surface area contributed by atoms with Crippen LogP contribution in [0.2, 0.25) is 0 Å². The van der Waals surface area contributed by atoms with E-state index in [9.17, 15) is 15.3 Å². The molecular formula is C30H23N3O2S. The van der Waals surface area contributed by atoms with Gasteiger partial charge in [-0.3, -0.25) is 4.79 Å². The van der Waals surface area contributed by atoms with E-state index in [1.807, 2.05) is 48.5 Å². The van der Waals surface area contributed by atoms with Crippen LogP contribution in [0.5, 0.6) is 5.75 Å². The molecule has 0 saturated heterocycles. The van der Waals surface area contributed by atoms with E-state index >= 15 is 0 Å². The van der Waals surface area contributed by atoms with Crippen LogP contribution >= 0.6 is 11.3 Å². The van der Waals surface area contributed by atoms with E-state index in [1.54, 1.807) is 6.08 Å². The number of carbonyl (C=O) groups is 1. The predicted octanol–water partition coefficient (Wildman–Crippen LogP) is 6.78. The first-order valence-electron chi connectivity index (χ1n) is 11.8. The van der Waals surface area contributed by atoms with Gasteiger partial charge < -0.3 is 10.1 Å². The largest absolute Gasteiger partial charge is 0.489 e. The van der Waals surface area contributed by atoms with E-state index in [0.717, 1.165) is 47.1 Å². The Morgan fingerprint density at radius 3 is 2.58 bits per heavy atom. The summed E-state index contributed by atoms with van der Waals surface area (Å²) in [6.07, 6.45) is 5.48. The van der Waals surface area contributed by atoms with Crippen molar-refractivity contribution in [3.63, 3.8) is 0 Å². The summed E-state index contributed by atoms with van der Waals surface area (Å²) in [7, 11) is 0. The zero-order valence-corrected chi connectivity index (χ0v) is 20.4. The minimum atomic E-state index is -0.510. The fourth-order valence-corrected chi connectivity index (χ4v) is 5.73. The summed E-state index contributed by atoms with van der Waals surface area (Å²) < 4.78 is 5.98. The number of carbonyl (C=O) groups excluding carboxylic acids is 1. The maximum absolute atomic E-state index is 12.8. The molecule has 0 atom stereocenters. The lowest BCUT2D eigenvalue weighted by Gasteiger charge is -2.09. The zero-order chi connectivity index (χ0) is 24.9. The smallest absolute Gasteiger partial charge is 0.266 e. The fourth-order valence-electron chi connectivity index (χ4n) is 4.50. The van der Waals surface area contributed by atoms with Gasteiger partial charge in [-0.25, -0.2) is 0 Å². The minimum Gasteiger partial charge on any atom is -0.489 e. The van der Waals surface area contributed by atoms with Crippen molar-refractivity contribution < 1.29 is 9.53 Å². The molecule has 5 nitrogen and oxygen atoms in total. The van der Waals surface area contributed by atoms with Crippen LogP contribution in [0, 0.1) is 22.7 Å². The van der Waals surface area contributed by atoms with Gasteiger partial charge >= 0.3 is 0 Å². The van der Waals surface area contributed by atoms with Crippen LogP contribution in [0.3, 0.4) is 0 Å². The normalized spacial score (nSPS) is 12.9. The van der Waals surface area contributed by atoms with Gasteiger partial charge in [-0.15, -0.1) is 11.3 Å². The highest BCUT2D eigenvalue weighted by Gasteiger charge is 2.22. The van der Waals surface area contributed by atoms with Crippen LogP contribution in [0.4, 0.5) is 5.00 Å². The number of aryl methyl sites for hydroxylation is 1. The van der Waals surface area contributed by atoms with Crippen molar-refractivity contribution in [3.8, 4) is 17.9 Å². The van der Waals surface area contributed by atoms with Gasteiger partial charge in [0.25, 0.3) is 5.91 Å². The van der Waals surface area contributed by atoms with Gasteiger partial charge in [0.05, 0.1) is 5.56 Å². The molecule has 1 aliphatic rings. The van der Waals surface area contributed by atoms with Gasteiger partial charge in [0.2, 0.25) is 0 Å². The molecule has 1 amide bonds. The molecule has 1 N–H and O–H groups in total. The maximum atomic E-state index is 12.8. The molecule has 36 heavy (non-hydrogen) atoms. The third-order valence-corrected chi connectivity index (χ3v) is 7.55. The average Bonchev–Trinajstić information content (AvgIpc) is 3.27. The van der Waals surface area contributed by atoms with Crippen LogP contribution in [0.1, 0.15) is 40.0 Å². The van der Waals surface area contributed by atoms with Gasteiger partial charge in [-0.1, -0.05) is 54.6 Å².